The number of hydrogen-bond acceptors (Lipinski definition) is 3. The van der Waals surface area contributed by atoms with Gasteiger partial charge in [0, 0.05) is 0 Å². The van der Waals surface area contributed by atoms with Crippen molar-refractivity contribution in [1.29, 1.82) is 0 Å². The van der Waals surface area contributed by atoms with Crippen LogP contribution in [-0.2, 0) is 32.7 Å². The van der Waals surface area contributed by atoms with Crippen molar-refractivity contribution in [2.75, 3.05) is 38.0 Å². The van der Waals surface area contributed by atoms with Crippen LogP contribution in [0.3, 0.4) is 0 Å². The molecule has 0 aliphatic heterocycles. The zero-order valence-corrected chi connectivity index (χ0v) is 37.9. The summed E-state index contributed by atoms with van der Waals surface area (Å²) < 4.78 is 0. The quantitative estimate of drug-likeness (QED) is 0.0845. The summed E-state index contributed by atoms with van der Waals surface area (Å²) in [7, 11) is 8.07. The Hall–Kier alpha value is -3.99. The maximum Gasteiger partial charge on any atom is 3.00 e. The molecule has 0 N–H and O–H groups in total. The first-order chi connectivity index (χ1) is 25.1. The zero-order chi connectivity index (χ0) is 39.2. The van der Waals surface area contributed by atoms with Gasteiger partial charge in [-0.2, -0.15) is 37.1 Å². The SMILES string of the molecule is CC(C)c1cccc(C(C)C)c1N=C([N-]c1c(C(C)C)cccc1C(C)C)c1ccccc1.[CH2-]c1ccccc1N(C)C.[CH2-]c1ccccc1N(C)C.[Y+3]. The van der Waals surface area contributed by atoms with E-state index in [2.05, 4.69) is 152 Å². The minimum atomic E-state index is 0. The second-order valence-corrected chi connectivity index (χ2v) is 15.1. The molecular formula is C49H63N4Y. The second-order valence-electron chi connectivity index (χ2n) is 15.1. The van der Waals surface area contributed by atoms with E-state index in [4.69, 9.17) is 10.3 Å². The number of amidine groups is 1. The van der Waals surface area contributed by atoms with Crippen molar-refractivity contribution in [2.24, 2.45) is 4.99 Å². The van der Waals surface area contributed by atoms with Crippen LogP contribution >= 0.6 is 0 Å². The summed E-state index contributed by atoms with van der Waals surface area (Å²) in [5.74, 6) is 2.31. The van der Waals surface area contributed by atoms with E-state index in [1.54, 1.807) is 0 Å². The fourth-order valence-corrected chi connectivity index (χ4v) is 6.13. The smallest absolute Gasteiger partial charge is 0.435 e. The molecule has 54 heavy (non-hydrogen) atoms. The maximum atomic E-state index is 5.32. The fraction of sp³-hybridized carbons (Fsp3) is 0.327. The van der Waals surface area contributed by atoms with Crippen LogP contribution in [0.4, 0.5) is 22.7 Å². The van der Waals surface area contributed by atoms with Gasteiger partial charge >= 0.3 is 32.7 Å². The zero-order valence-electron chi connectivity index (χ0n) is 35.1. The number of hydrogen-bond donors (Lipinski definition) is 0. The van der Waals surface area contributed by atoms with Crippen LogP contribution in [0.15, 0.2) is 120 Å². The Labute approximate surface area is 354 Å². The van der Waals surface area contributed by atoms with Gasteiger partial charge < -0.3 is 20.1 Å². The predicted molar refractivity (Wildman–Crippen MR) is 235 cm³/mol. The first-order valence-corrected chi connectivity index (χ1v) is 18.9. The summed E-state index contributed by atoms with van der Waals surface area (Å²) in [6.07, 6.45) is 0. The molecule has 282 valence electrons. The molecule has 0 aliphatic rings. The molecule has 0 radical (unpaired) electrons. The Morgan fingerprint density at radius 3 is 1.17 bits per heavy atom. The summed E-state index contributed by atoms with van der Waals surface area (Å²) in [5, 5.41) is 5.32. The first kappa shape index (κ1) is 46.2. The summed E-state index contributed by atoms with van der Waals surface area (Å²) in [4.78, 5) is 9.43. The molecule has 0 saturated carbocycles. The molecule has 4 nitrogen and oxygen atoms in total. The van der Waals surface area contributed by atoms with Crippen LogP contribution < -0.4 is 9.80 Å². The average molecular weight is 797 g/mol. The maximum absolute atomic E-state index is 5.32. The van der Waals surface area contributed by atoms with Gasteiger partial charge in [0.1, 0.15) is 0 Å². The van der Waals surface area contributed by atoms with Crippen LogP contribution in [0, 0.1) is 13.8 Å². The molecule has 0 unspecified atom stereocenters. The fourth-order valence-electron chi connectivity index (χ4n) is 6.13. The van der Waals surface area contributed by atoms with Gasteiger partial charge in [0.05, 0.1) is 0 Å². The van der Waals surface area contributed by atoms with Gasteiger partial charge in [0.15, 0.2) is 0 Å². The molecule has 0 fully saturated rings. The molecule has 0 saturated heterocycles. The topological polar surface area (TPSA) is 32.9 Å². The monoisotopic (exact) mass is 796 g/mol. The molecule has 0 atom stereocenters. The van der Waals surface area contributed by atoms with Crippen molar-refractivity contribution in [2.45, 2.75) is 79.1 Å². The van der Waals surface area contributed by atoms with Gasteiger partial charge in [-0.15, -0.1) is 12.1 Å². The molecule has 5 heteroatoms. The molecule has 0 aliphatic carbocycles. The van der Waals surface area contributed by atoms with Crippen molar-refractivity contribution in [1.82, 2.24) is 0 Å². The second kappa shape index (κ2) is 22.4. The molecule has 0 heterocycles. The van der Waals surface area contributed by atoms with E-state index in [-0.39, 0.29) is 32.7 Å². The van der Waals surface area contributed by atoms with Crippen LogP contribution in [0.2, 0.25) is 0 Å². The van der Waals surface area contributed by atoms with Crippen LogP contribution in [0.25, 0.3) is 5.32 Å². The third-order valence-electron chi connectivity index (χ3n) is 9.10. The van der Waals surface area contributed by atoms with Gasteiger partial charge in [0.25, 0.3) is 0 Å². The summed E-state index contributed by atoms with van der Waals surface area (Å²) in [6, 6.07) is 39.7. The predicted octanol–water partition coefficient (Wildman–Crippen LogP) is 13.8. The Balaban J connectivity index is 0.000000389. The van der Waals surface area contributed by atoms with E-state index in [1.807, 2.05) is 70.7 Å². The molecule has 0 bridgehead atoms. The van der Waals surface area contributed by atoms with Gasteiger partial charge in [0.2, 0.25) is 0 Å². The molecular weight excluding hydrogens is 733 g/mol. The van der Waals surface area contributed by atoms with E-state index < -0.39 is 0 Å². The van der Waals surface area contributed by atoms with Gasteiger partial charge in [-0.05, 0) is 91.1 Å². The normalized spacial score (nSPS) is 11.0. The Bertz CT molecular complexity index is 1790. The van der Waals surface area contributed by atoms with E-state index in [0.29, 0.717) is 23.7 Å². The molecule has 0 aromatic heterocycles. The minimum Gasteiger partial charge on any atom is -0.435 e. The Morgan fingerprint density at radius 2 is 0.833 bits per heavy atom. The summed E-state index contributed by atoms with van der Waals surface area (Å²) >= 11 is 0. The van der Waals surface area contributed by atoms with Crippen molar-refractivity contribution in [3.8, 4) is 0 Å². The van der Waals surface area contributed by atoms with Crippen LogP contribution in [0.1, 0.15) is 118 Å². The van der Waals surface area contributed by atoms with Crippen molar-refractivity contribution >= 4 is 28.6 Å². The Kier molecular flexibility index (Phi) is 19.2. The van der Waals surface area contributed by atoms with Crippen molar-refractivity contribution in [3.63, 3.8) is 0 Å². The van der Waals surface area contributed by atoms with Gasteiger partial charge in [-0.25, -0.2) is 0 Å². The number of nitrogens with zero attached hydrogens (tertiary/aromatic N) is 4. The third kappa shape index (κ3) is 13.1. The Morgan fingerprint density at radius 1 is 0.481 bits per heavy atom. The van der Waals surface area contributed by atoms with Crippen molar-refractivity contribution < 1.29 is 32.7 Å². The number of benzene rings is 5. The molecule has 5 aromatic rings. The number of para-hydroxylation sites is 4. The van der Waals surface area contributed by atoms with E-state index in [0.717, 1.165) is 33.9 Å². The minimum absolute atomic E-state index is 0. The molecule has 5 rings (SSSR count). The first-order valence-electron chi connectivity index (χ1n) is 18.9. The molecule has 0 spiro atoms. The van der Waals surface area contributed by atoms with Gasteiger partial charge in [-0.1, -0.05) is 164 Å². The summed E-state index contributed by atoms with van der Waals surface area (Å²) in [6.45, 7) is 25.7. The molecule has 0 amide bonds. The number of anilines is 2. The third-order valence-corrected chi connectivity index (χ3v) is 9.10. The van der Waals surface area contributed by atoms with E-state index in [9.17, 15) is 0 Å². The number of rotatable bonds is 9. The van der Waals surface area contributed by atoms with Gasteiger partial charge in [-0.3, -0.25) is 0 Å². The van der Waals surface area contributed by atoms with E-state index in [1.165, 1.54) is 33.6 Å². The standard InChI is InChI=1S/C31H39N2.2C9H12N.Y/c1-20(2)25-16-12-17-26(21(3)4)29(25)32-31(24-14-10-9-11-15-24)33-30-27(22(5)6)18-13-19-28(30)23(7)8;2*1-8-6-4-5-7-9(8)10(2)3;/h9-23H,1-8H3;2*4-7H,1H2,2-3H3;/q3*-1;+3. The van der Waals surface area contributed by atoms with Crippen LogP contribution in [-0.4, -0.2) is 34.0 Å². The largest absolute Gasteiger partial charge is 3.00 e. The number of aliphatic imine (C=N–C) groups is 1. The summed E-state index contributed by atoms with van der Waals surface area (Å²) in [5.41, 5.74) is 12.8. The van der Waals surface area contributed by atoms with Crippen molar-refractivity contribution in [3.05, 3.63) is 173 Å². The van der Waals surface area contributed by atoms with Crippen LogP contribution in [0.5, 0.6) is 0 Å². The van der Waals surface area contributed by atoms with E-state index >= 15 is 0 Å². The average Bonchev–Trinajstić information content (AvgIpc) is 3.12. The molecule has 5 aromatic carbocycles.